The van der Waals surface area contributed by atoms with E-state index in [1.165, 1.54) is 29.2 Å². The van der Waals surface area contributed by atoms with Crippen molar-refractivity contribution >= 4 is 11.8 Å². The molecule has 0 aromatic heterocycles. The molecule has 0 spiro atoms. The van der Waals surface area contributed by atoms with Crippen LogP contribution in [0.15, 0.2) is 48.5 Å². The minimum atomic E-state index is -0.643. The van der Waals surface area contributed by atoms with Gasteiger partial charge in [0.2, 0.25) is 5.91 Å². The number of carbonyl (C=O) groups is 2. The van der Waals surface area contributed by atoms with Crippen molar-refractivity contribution in [1.29, 1.82) is 0 Å². The van der Waals surface area contributed by atoms with Gasteiger partial charge in [0.1, 0.15) is 17.6 Å². The van der Waals surface area contributed by atoms with E-state index in [2.05, 4.69) is 5.32 Å². The zero-order valence-electron chi connectivity index (χ0n) is 15.9. The summed E-state index contributed by atoms with van der Waals surface area (Å²) in [7, 11) is 0. The Morgan fingerprint density at radius 1 is 1.11 bits per heavy atom. The molecule has 0 fully saturated rings. The fourth-order valence-electron chi connectivity index (χ4n) is 2.55. The van der Waals surface area contributed by atoms with Crippen molar-refractivity contribution in [1.82, 2.24) is 10.2 Å². The average molecular weight is 372 g/mol. The number of likely N-dealkylation sites (N-methyl/N-ethyl adjacent to an activating group) is 1. The first-order chi connectivity index (χ1) is 12.9. The predicted molar refractivity (Wildman–Crippen MR) is 102 cm³/mol. The second-order valence-electron chi connectivity index (χ2n) is 6.32. The molecule has 0 aliphatic carbocycles. The Labute approximate surface area is 159 Å². The van der Waals surface area contributed by atoms with Crippen molar-refractivity contribution in [2.75, 3.05) is 13.2 Å². The SMILES string of the molecule is CCNC(=O)[C@H](C)N(Cc1ccc(C)cc1)C(=O)COc1ccc(F)cc1. The van der Waals surface area contributed by atoms with Crippen LogP contribution in [0.2, 0.25) is 0 Å². The second-order valence-corrected chi connectivity index (χ2v) is 6.32. The highest BCUT2D eigenvalue weighted by atomic mass is 19.1. The summed E-state index contributed by atoms with van der Waals surface area (Å²) in [5.74, 6) is -0.524. The molecule has 1 atom stereocenters. The van der Waals surface area contributed by atoms with Crippen molar-refractivity contribution in [3.8, 4) is 5.75 Å². The van der Waals surface area contributed by atoms with E-state index in [0.717, 1.165) is 11.1 Å². The molecular formula is C21H25FN2O3. The van der Waals surface area contributed by atoms with Crippen molar-refractivity contribution < 1.29 is 18.7 Å². The summed E-state index contributed by atoms with van der Waals surface area (Å²) in [6.07, 6.45) is 0. The fourth-order valence-corrected chi connectivity index (χ4v) is 2.55. The summed E-state index contributed by atoms with van der Waals surface area (Å²) in [4.78, 5) is 26.5. The van der Waals surface area contributed by atoms with Crippen molar-refractivity contribution in [2.24, 2.45) is 0 Å². The van der Waals surface area contributed by atoms with Crippen LogP contribution in [0, 0.1) is 12.7 Å². The van der Waals surface area contributed by atoms with Crippen LogP contribution >= 0.6 is 0 Å². The highest BCUT2D eigenvalue weighted by molar-refractivity contribution is 5.87. The quantitative estimate of drug-likeness (QED) is 0.775. The lowest BCUT2D eigenvalue weighted by Gasteiger charge is -2.28. The van der Waals surface area contributed by atoms with Gasteiger partial charge in [0.25, 0.3) is 5.91 Å². The van der Waals surface area contributed by atoms with E-state index in [4.69, 9.17) is 4.74 Å². The first-order valence-corrected chi connectivity index (χ1v) is 8.91. The number of aryl methyl sites for hydroxylation is 1. The zero-order valence-corrected chi connectivity index (χ0v) is 15.9. The molecule has 0 radical (unpaired) electrons. The molecule has 2 amide bonds. The molecule has 2 rings (SSSR count). The van der Waals surface area contributed by atoms with Crippen molar-refractivity contribution in [2.45, 2.75) is 33.4 Å². The largest absolute Gasteiger partial charge is 0.484 e. The lowest BCUT2D eigenvalue weighted by molar-refractivity contribution is -0.142. The van der Waals surface area contributed by atoms with Crippen LogP contribution in [0.5, 0.6) is 5.75 Å². The number of nitrogens with one attached hydrogen (secondary N) is 1. The maximum Gasteiger partial charge on any atom is 0.261 e. The fraction of sp³-hybridized carbons (Fsp3) is 0.333. The molecule has 0 saturated heterocycles. The predicted octanol–water partition coefficient (Wildman–Crippen LogP) is 3.07. The molecule has 0 unspecified atom stereocenters. The van der Waals surface area contributed by atoms with Gasteiger partial charge in [-0.25, -0.2) is 4.39 Å². The van der Waals surface area contributed by atoms with Gasteiger partial charge in [0.05, 0.1) is 0 Å². The Kier molecular flexibility index (Phi) is 7.34. The summed E-state index contributed by atoms with van der Waals surface area (Å²) in [6.45, 7) is 6.05. The third-order valence-corrected chi connectivity index (χ3v) is 4.17. The van der Waals surface area contributed by atoms with E-state index in [9.17, 15) is 14.0 Å². The number of ether oxygens (including phenoxy) is 1. The minimum Gasteiger partial charge on any atom is -0.484 e. The number of carbonyl (C=O) groups excluding carboxylic acids is 2. The normalized spacial score (nSPS) is 11.6. The number of benzene rings is 2. The first-order valence-electron chi connectivity index (χ1n) is 8.91. The van der Waals surface area contributed by atoms with Gasteiger partial charge in [-0.3, -0.25) is 9.59 Å². The van der Waals surface area contributed by atoms with E-state index in [1.807, 2.05) is 38.1 Å². The van der Waals surface area contributed by atoms with E-state index in [0.29, 0.717) is 18.8 Å². The Morgan fingerprint density at radius 2 is 1.74 bits per heavy atom. The Balaban J connectivity index is 2.11. The van der Waals surface area contributed by atoms with Gasteiger partial charge in [-0.05, 0) is 50.6 Å². The summed E-state index contributed by atoms with van der Waals surface area (Å²) in [6, 6.07) is 12.6. The Bertz CT molecular complexity index is 760. The van der Waals surface area contributed by atoms with Crippen LogP contribution in [0.1, 0.15) is 25.0 Å². The standard InChI is InChI=1S/C21H25FN2O3/c1-4-23-21(26)16(3)24(13-17-7-5-15(2)6-8-17)20(25)14-27-19-11-9-18(22)10-12-19/h5-12,16H,4,13-14H2,1-3H3,(H,23,26)/t16-/m0/s1. The van der Waals surface area contributed by atoms with Gasteiger partial charge in [-0.15, -0.1) is 0 Å². The van der Waals surface area contributed by atoms with E-state index >= 15 is 0 Å². The number of rotatable bonds is 8. The van der Waals surface area contributed by atoms with Crippen LogP contribution in [-0.4, -0.2) is 35.9 Å². The topological polar surface area (TPSA) is 58.6 Å². The minimum absolute atomic E-state index is 0.222. The summed E-state index contributed by atoms with van der Waals surface area (Å²) >= 11 is 0. The molecule has 0 aliphatic rings. The van der Waals surface area contributed by atoms with Crippen LogP contribution < -0.4 is 10.1 Å². The second kappa shape index (κ2) is 9.71. The lowest BCUT2D eigenvalue weighted by Crippen LogP contribution is -2.49. The number of halogens is 1. The van der Waals surface area contributed by atoms with Gasteiger partial charge in [0, 0.05) is 13.1 Å². The van der Waals surface area contributed by atoms with Crippen LogP contribution in [0.25, 0.3) is 0 Å². The Hall–Kier alpha value is -2.89. The third kappa shape index (κ3) is 6.09. The molecule has 0 aliphatic heterocycles. The Morgan fingerprint density at radius 3 is 2.33 bits per heavy atom. The highest BCUT2D eigenvalue weighted by Crippen LogP contribution is 2.14. The van der Waals surface area contributed by atoms with E-state index in [1.54, 1.807) is 6.92 Å². The third-order valence-electron chi connectivity index (χ3n) is 4.17. The summed E-state index contributed by atoms with van der Waals surface area (Å²) in [5, 5.41) is 2.74. The maximum atomic E-state index is 13.0. The summed E-state index contributed by atoms with van der Waals surface area (Å²) < 4.78 is 18.4. The van der Waals surface area contributed by atoms with Crippen LogP contribution in [0.4, 0.5) is 4.39 Å². The van der Waals surface area contributed by atoms with Gasteiger partial charge >= 0.3 is 0 Å². The maximum absolute atomic E-state index is 13.0. The van der Waals surface area contributed by atoms with Gasteiger partial charge < -0.3 is 15.0 Å². The molecule has 0 heterocycles. The van der Waals surface area contributed by atoms with E-state index in [-0.39, 0.29) is 24.2 Å². The molecule has 0 saturated carbocycles. The van der Waals surface area contributed by atoms with Crippen molar-refractivity contribution in [3.05, 3.63) is 65.5 Å². The summed E-state index contributed by atoms with van der Waals surface area (Å²) in [5.41, 5.74) is 2.04. The first kappa shape index (κ1) is 20.4. The van der Waals surface area contributed by atoms with Crippen LogP contribution in [0.3, 0.4) is 0 Å². The molecule has 0 bridgehead atoms. The molecule has 2 aromatic rings. The number of hydrogen-bond acceptors (Lipinski definition) is 3. The lowest BCUT2D eigenvalue weighted by atomic mass is 10.1. The van der Waals surface area contributed by atoms with Crippen LogP contribution in [-0.2, 0) is 16.1 Å². The van der Waals surface area contributed by atoms with Crippen molar-refractivity contribution in [3.63, 3.8) is 0 Å². The van der Waals surface area contributed by atoms with Gasteiger partial charge in [-0.2, -0.15) is 0 Å². The molecule has 5 nitrogen and oxygen atoms in total. The van der Waals surface area contributed by atoms with Gasteiger partial charge in [-0.1, -0.05) is 29.8 Å². The molecule has 1 N–H and O–H groups in total. The monoisotopic (exact) mass is 372 g/mol. The zero-order chi connectivity index (χ0) is 19.8. The number of amides is 2. The average Bonchev–Trinajstić information content (AvgIpc) is 2.66. The number of nitrogens with zero attached hydrogens (tertiary/aromatic N) is 1. The molecule has 27 heavy (non-hydrogen) atoms. The number of hydrogen-bond donors (Lipinski definition) is 1. The smallest absolute Gasteiger partial charge is 0.261 e. The molecule has 6 heteroatoms. The molecule has 2 aromatic carbocycles. The van der Waals surface area contributed by atoms with E-state index < -0.39 is 6.04 Å². The highest BCUT2D eigenvalue weighted by Gasteiger charge is 2.26. The molecular weight excluding hydrogens is 347 g/mol. The molecule has 144 valence electrons. The van der Waals surface area contributed by atoms with Gasteiger partial charge in [0.15, 0.2) is 6.61 Å².